The van der Waals surface area contributed by atoms with Crippen molar-refractivity contribution in [1.29, 1.82) is 0 Å². The summed E-state index contributed by atoms with van der Waals surface area (Å²) in [5.41, 5.74) is -1.27. The first-order chi connectivity index (χ1) is 15.5. The number of likely N-dealkylation sites (N-methyl/N-ethyl adjacent to an activating group) is 1. The van der Waals surface area contributed by atoms with Crippen LogP contribution in [0.4, 0.5) is 18.9 Å². The summed E-state index contributed by atoms with van der Waals surface area (Å²) < 4.78 is 54.0. The van der Waals surface area contributed by atoms with Crippen LogP contribution in [0.3, 0.4) is 0 Å². The zero-order valence-electron chi connectivity index (χ0n) is 17.8. The second-order valence-electron chi connectivity index (χ2n) is 6.60. The number of benzene rings is 2. The summed E-state index contributed by atoms with van der Waals surface area (Å²) in [6, 6.07) is 7.51. The van der Waals surface area contributed by atoms with Crippen LogP contribution in [-0.4, -0.2) is 57.1 Å². The fraction of sp³-hybridized carbons (Fsp3) is 0.286. The molecule has 0 saturated heterocycles. The Morgan fingerprint density at radius 1 is 1.06 bits per heavy atom. The number of hydrogen-bond acceptors (Lipinski definition) is 6. The van der Waals surface area contributed by atoms with Gasteiger partial charge in [-0.2, -0.15) is 13.2 Å². The Labute approximate surface area is 192 Å². The van der Waals surface area contributed by atoms with E-state index in [-0.39, 0.29) is 22.7 Å². The molecule has 2 amide bonds. The highest BCUT2D eigenvalue weighted by Crippen LogP contribution is 2.36. The monoisotopic (exact) mass is 488 g/mol. The standard InChI is InChI=1S/C21H20ClF3N2O6/c1-27(10-17(28)26-12-7-8-14(22)13(9-12)21(23,24)25)18(29)11-33-20(30)19-15(31-2)5-4-6-16(19)32-3/h4-9H,10-11H2,1-3H3,(H,26,28). The Hall–Kier alpha value is -3.47. The summed E-state index contributed by atoms with van der Waals surface area (Å²) in [5, 5.41) is 1.74. The Morgan fingerprint density at radius 3 is 2.21 bits per heavy atom. The predicted octanol–water partition coefficient (Wildman–Crippen LogP) is 3.63. The van der Waals surface area contributed by atoms with Crippen molar-refractivity contribution in [3.63, 3.8) is 0 Å². The number of rotatable bonds is 8. The van der Waals surface area contributed by atoms with E-state index in [0.29, 0.717) is 6.07 Å². The van der Waals surface area contributed by atoms with Gasteiger partial charge < -0.3 is 24.4 Å². The maximum Gasteiger partial charge on any atom is 0.417 e. The molecule has 0 atom stereocenters. The zero-order valence-corrected chi connectivity index (χ0v) is 18.5. The average Bonchev–Trinajstić information content (AvgIpc) is 2.76. The predicted molar refractivity (Wildman–Crippen MR) is 113 cm³/mol. The summed E-state index contributed by atoms with van der Waals surface area (Å²) in [6.07, 6.45) is -4.70. The fourth-order valence-corrected chi connectivity index (χ4v) is 2.91. The summed E-state index contributed by atoms with van der Waals surface area (Å²) >= 11 is 5.54. The lowest BCUT2D eigenvalue weighted by Gasteiger charge is -2.18. The van der Waals surface area contributed by atoms with Gasteiger partial charge in [0.1, 0.15) is 17.1 Å². The first-order valence-corrected chi connectivity index (χ1v) is 9.64. The lowest BCUT2D eigenvalue weighted by Crippen LogP contribution is -2.37. The van der Waals surface area contributed by atoms with Gasteiger partial charge in [0.05, 0.1) is 31.4 Å². The quantitative estimate of drug-likeness (QED) is 0.570. The van der Waals surface area contributed by atoms with Crippen LogP contribution in [0.25, 0.3) is 0 Å². The molecule has 0 fully saturated rings. The summed E-state index contributed by atoms with van der Waals surface area (Å²) in [7, 11) is 3.96. The van der Waals surface area contributed by atoms with E-state index >= 15 is 0 Å². The largest absolute Gasteiger partial charge is 0.496 e. The van der Waals surface area contributed by atoms with Crippen molar-refractivity contribution < 1.29 is 41.8 Å². The highest BCUT2D eigenvalue weighted by molar-refractivity contribution is 6.31. The first kappa shape index (κ1) is 25.8. The van der Waals surface area contributed by atoms with Crippen LogP contribution in [0, 0.1) is 0 Å². The third-order valence-corrected chi connectivity index (χ3v) is 4.65. The molecule has 0 bridgehead atoms. The lowest BCUT2D eigenvalue weighted by molar-refractivity contribution is -0.137. The van der Waals surface area contributed by atoms with E-state index in [0.717, 1.165) is 11.0 Å². The van der Waals surface area contributed by atoms with Crippen LogP contribution in [0.1, 0.15) is 15.9 Å². The van der Waals surface area contributed by atoms with Gasteiger partial charge in [0.25, 0.3) is 5.91 Å². The van der Waals surface area contributed by atoms with E-state index in [1.807, 2.05) is 0 Å². The van der Waals surface area contributed by atoms with Crippen LogP contribution in [0.5, 0.6) is 11.5 Å². The first-order valence-electron chi connectivity index (χ1n) is 9.26. The Kier molecular flexibility index (Phi) is 8.52. The second-order valence-corrected chi connectivity index (χ2v) is 7.01. The highest BCUT2D eigenvalue weighted by Gasteiger charge is 2.33. The number of halogens is 4. The van der Waals surface area contributed by atoms with Gasteiger partial charge in [-0.05, 0) is 30.3 Å². The summed E-state index contributed by atoms with van der Waals surface area (Å²) in [5.74, 6) is -2.00. The molecule has 178 valence electrons. The molecule has 1 N–H and O–H groups in total. The van der Waals surface area contributed by atoms with Gasteiger partial charge in [0, 0.05) is 12.7 Å². The van der Waals surface area contributed by atoms with Crippen molar-refractivity contribution in [3.05, 3.63) is 52.5 Å². The molecular weight excluding hydrogens is 469 g/mol. The van der Waals surface area contributed by atoms with Gasteiger partial charge in [-0.15, -0.1) is 0 Å². The van der Waals surface area contributed by atoms with E-state index in [2.05, 4.69) is 5.32 Å². The molecule has 0 aromatic heterocycles. The van der Waals surface area contributed by atoms with Crippen LogP contribution in [0.15, 0.2) is 36.4 Å². The van der Waals surface area contributed by atoms with Gasteiger partial charge in [-0.25, -0.2) is 4.79 Å². The molecule has 2 rings (SSSR count). The molecule has 2 aromatic carbocycles. The van der Waals surface area contributed by atoms with Gasteiger partial charge in [0.15, 0.2) is 6.61 Å². The molecule has 0 aliphatic carbocycles. The maximum atomic E-state index is 12.9. The molecule has 0 aliphatic rings. The summed E-state index contributed by atoms with van der Waals surface area (Å²) in [6.45, 7) is -1.19. The van der Waals surface area contributed by atoms with Gasteiger partial charge in [-0.3, -0.25) is 9.59 Å². The number of esters is 1. The van der Waals surface area contributed by atoms with Crippen molar-refractivity contribution in [2.75, 3.05) is 39.7 Å². The number of ether oxygens (including phenoxy) is 3. The lowest BCUT2D eigenvalue weighted by atomic mass is 10.2. The van der Waals surface area contributed by atoms with E-state index in [9.17, 15) is 27.6 Å². The number of carbonyl (C=O) groups excluding carboxylic acids is 3. The third-order valence-electron chi connectivity index (χ3n) is 4.32. The van der Waals surface area contributed by atoms with Gasteiger partial charge in [0.2, 0.25) is 5.91 Å². The van der Waals surface area contributed by atoms with Crippen LogP contribution < -0.4 is 14.8 Å². The molecule has 0 heterocycles. The minimum atomic E-state index is -4.70. The molecule has 0 aliphatic heterocycles. The van der Waals surface area contributed by atoms with Crippen molar-refractivity contribution in [2.24, 2.45) is 0 Å². The van der Waals surface area contributed by atoms with Crippen LogP contribution in [-0.2, 0) is 20.5 Å². The van der Waals surface area contributed by atoms with Gasteiger partial charge >= 0.3 is 12.1 Å². The molecular formula is C21H20ClF3N2O6. The number of amides is 2. The van der Waals surface area contributed by atoms with E-state index in [1.54, 1.807) is 6.07 Å². The Bertz CT molecular complexity index is 1020. The molecule has 0 saturated carbocycles. The van der Waals surface area contributed by atoms with E-state index in [4.69, 9.17) is 25.8 Å². The van der Waals surface area contributed by atoms with Crippen molar-refractivity contribution in [1.82, 2.24) is 4.90 Å². The topological polar surface area (TPSA) is 94.2 Å². The number of nitrogens with one attached hydrogen (secondary N) is 1. The third kappa shape index (κ3) is 6.75. The van der Waals surface area contributed by atoms with Crippen molar-refractivity contribution in [3.8, 4) is 11.5 Å². The number of carbonyl (C=O) groups is 3. The number of alkyl halides is 3. The number of methoxy groups -OCH3 is 2. The van der Waals surface area contributed by atoms with Crippen LogP contribution in [0.2, 0.25) is 5.02 Å². The minimum absolute atomic E-state index is 0.0149. The molecule has 12 heteroatoms. The second kappa shape index (κ2) is 10.9. The van der Waals surface area contributed by atoms with Gasteiger partial charge in [-0.1, -0.05) is 17.7 Å². The van der Waals surface area contributed by atoms with Crippen molar-refractivity contribution >= 4 is 35.1 Å². The number of hydrogen-bond donors (Lipinski definition) is 1. The van der Waals surface area contributed by atoms with Crippen LogP contribution >= 0.6 is 11.6 Å². The van der Waals surface area contributed by atoms with Crippen molar-refractivity contribution in [2.45, 2.75) is 6.18 Å². The average molecular weight is 489 g/mol. The van der Waals surface area contributed by atoms with E-state index < -0.39 is 47.7 Å². The summed E-state index contributed by atoms with van der Waals surface area (Å²) in [4.78, 5) is 37.7. The molecule has 0 spiro atoms. The SMILES string of the molecule is COc1cccc(OC)c1C(=O)OCC(=O)N(C)CC(=O)Nc1ccc(Cl)c(C(F)(F)F)c1. The zero-order chi connectivity index (χ0) is 24.8. The fourth-order valence-electron chi connectivity index (χ4n) is 2.69. The molecule has 8 nitrogen and oxygen atoms in total. The van der Waals surface area contributed by atoms with E-state index in [1.165, 1.54) is 39.5 Å². The molecule has 0 unspecified atom stereocenters. The highest BCUT2D eigenvalue weighted by atomic mass is 35.5. The maximum absolute atomic E-state index is 12.9. The molecule has 2 aromatic rings. The Balaban J connectivity index is 1.96. The Morgan fingerprint density at radius 2 is 1.67 bits per heavy atom. The molecule has 0 radical (unpaired) electrons. The minimum Gasteiger partial charge on any atom is -0.496 e. The number of nitrogens with zero attached hydrogens (tertiary/aromatic N) is 1. The normalized spacial score (nSPS) is 10.9. The number of anilines is 1. The molecule has 33 heavy (non-hydrogen) atoms. The smallest absolute Gasteiger partial charge is 0.417 e.